The molecule has 7 heteroatoms. The van der Waals surface area contributed by atoms with Gasteiger partial charge in [-0.2, -0.15) is 0 Å². The number of hydrogen-bond donors (Lipinski definition) is 1. The number of thioether (sulfide) groups is 1. The van der Waals surface area contributed by atoms with Crippen molar-refractivity contribution >= 4 is 28.4 Å². The highest BCUT2D eigenvalue weighted by atomic mass is 32.2. The lowest BCUT2D eigenvalue weighted by Crippen LogP contribution is -2.14. The van der Waals surface area contributed by atoms with E-state index in [0.29, 0.717) is 17.5 Å². The normalized spacial score (nSPS) is 10.8. The third-order valence-corrected chi connectivity index (χ3v) is 4.94. The van der Waals surface area contributed by atoms with Gasteiger partial charge < -0.3 is 10.5 Å². The summed E-state index contributed by atoms with van der Waals surface area (Å²) in [6, 6.07) is 12.2. The number of allylic oxidation sites excluding steroid dienone is 1. The SMILES string of the molecule is C=CCn1c(COc2ccc3ccccc3c2C)nnc1SCC(N)=O. The Balaban J connectivity index is 1.80. The van der Waals surface area contributed by atoms with Crippen molar-refractivity contribution < 1.29 is 9.53 Å². The van der Waals surface area contributed by atoms with Crippen LogP contribution in [-0.2, 0) is 17.9 Å². The Morgan fingerprint density at radius 2 is 2.12 bits per heavy atom. The van der Waals surface area contributed by atoms with Crippen molar-refractivity contribution in [3.8, 4) is 5.75 Å². The number of carbonyl (C=O) groups excluding carboxylic acids is 1. The van der Waals surface area contributed by atoms with Crippen molar-refractivity contribution in [3.63, 3.8) is 0 Å². The first-order chi connectivity index (χ1) is 12.6. The van der Waals surface area contributed by atoms with Gasteiger partial charge in [0.15, 0.2) is 11.0 Å². The highest BCUT2D eigenvalue weighted by molar-refractivity contribution is 7.99. The standard InChI is InChI=1S/C19H20N4O2S/c1-3-10-23-18(21-22-19(23)26-12-17(20)24)11-25-16-9-8-14-6-4-5-7-15(14)13(16)2/h3-9H,1,10-12H2,2H3,(H2,20,24). The van der Waals surface area contributed by atoms with Crippen molar-refractivity contribution in [1.82, 2.24) is 14.8 Å². The molecule has 1 aromatic heterocycles. The number of aromatic nitrogens is 3. The van der Waals surface area contributed by atoms with E-state index in [1.807, 2.05) is 35.8 Å². The smallest absolute Gasteiger partial charge is 0.227 e. The summed E-state index contributed by atoms with van der Waals surface area (Å²) < 4.78 is 7.87. The number of hydrogen-bond acceptors (Lipinski definition) is 5. The van der Waals surface area contributed by atoms with Gasteiger partial charge in [-0.1, -0.05) is 48.2 Å². The van der Waals surface area contributed by atoms with Crippen molar-refractivity contribution in [2.24, 2.45) is 5.73 Å². The van der Waals surface area contributed by atoms with Crippen molar-refractivity contribution in [1.29, 1.82) is 0 Å². The van der Waals surface area contributed by atoms with Crippen LogP contribution >= 0.6 is 11.8 Å². The molecule has 0 fully saturated rings. The molecule has 0 aliphatic rings. The maximum Gasteiger partial charge on any atom is 0.227 e. The highest BCUT2D eigenvalue weighted by Gasteiger charge is 2.14. The van der Waals surface area contributed by atoms with E-state index in [2.05, 4.69) is 28.9 Å². The van der Waals surface area contributed by atoms with Gasteiger partial charge >= 0.3 is 0 Å². The first kappa shape index (κ1) is 18.0. The fourth-order valence-electron chi connectivity index (χ4n) is 2.69. The average molecular weight is 368 g/mol. The van der Waals surface area contributed by atoms with Gasteiger partial charge in [0.1, 0.15) is 12.4 Å². The maximum atomic E-state index is 11.0. The Bertz CT molecular complexity index is 952. The van der Waals surface area contributed by atoms with Gasteiger partial charge in [0.2, 0.25) is 5.91 Å². The number of aryl methyl sites for hydroxylation is 1. The lowest BCUT2D eigenvalue weighted by Gasteiger charge is -2.12. The number of amides is 1. The fraction of sp³-hybridized carbons (Fsp3) is 0.211. The molecule has 134 valence electrons. The van der Waals surface area contributed by atoms with E-state index in [1.165, 1.54) is 17.1 Å². The lowest BCUT2D eigenvalue weighted by molar-refractivity contribution is -0.115. The molecule has 0 spiro atoms. The van der Waals surface area contributed by atoms with Crippen molar-refractivity contribution in [2.75, 3.05) is 5.75 Å². The van der Waals surface area contributed by atoms with Gasteiger partial charge in [-0.05, 0) is 29.3 Å². The van der Waals surface area contributed by atoms with Crippen molar-refractivity contribution in [3.05, 3.63) is 60.4 Å². The second-order valence-corrected chi connectivity index (χ2v) is 6.69. The van der Waals surface area contributed by atoms with E-state index in [1.54, 1.807) is 6.08 Å². The minimum Gasteiger partial charge on any atom is -0.485 e. The van der Waals surface area contributed by atoms with E-state index >= 15 is 0 Å². The second kappa shape index (κ2) is 8.05. The van der Waals surface area contributed by atoms with Gasteiger partial charge in [0, 0.05) is 6.54 Å². The Morgan fingerprint density at radius 1 is 1.31 bits per heavy atom. The molecule has 2 N–H and O–H groups in total. The minimum absolute atomic E-state index is 0.153. The molecule has 0 unspecified atom stereocenters. The summed E-state index contributed by atoms with van der Waals surface area (Å²) in [6.07, 6.45) is 1.75. The molecule has 0 atom stereocenters. The second-order valence-electron chi connectivity index (χ2n) is 5.75. The van der Waals surface area contributed by atoms with Crippen LogP contribution in [0.4, 0.5) is 0 Å². The molecule has 0 aliphatic carbocycles. The van der Waals surface area contributed by atoms with Crippen LogP contribution in [0.1, 0.15) is 11.4 Å². The van der Waals surface area contributed by atoms with Crippen LogP contribution in [0.3, 0.4) is 0 Å². The molecule has 0 aliphatic heterocycles. The average Bonchev–Trinajstić information content (AvgIpc) is 3.02. The Morgan fingerprint density at radius 3 is 2.88 bits per heavy atom. The maximum absolute atomic E-state index is 11.0. The highest BCUT2D eigenvalue weighted by Crippen LogP contribution is 2.28. The molecule has 0 saturated heterocycles. The summed E-state index contributed by atoms with van der Waals surface area (Å²) in [5.41, 5.74) is 6.29. The fourth-order valence-corrected chi connectivity index (χ4v) is 3.39. The first-order valence-electron chi connectivity index (χ1n) is 8.15. The molecule has 1 amide bonds. The number of ether oxygens (including phenoxy) is 1. The topological polar surface area (TPSA) is 83.0 Å². The summed E-state index contributed by atoms with van der Waals surface area (Å²) >= 11 is 1.25. The number of nitrogens with zero attached hydrogens (tertiary/aromatic N) is 3. The van der Waals surface area contributed by atoms with Crippen LogP contribution in [0.5, 0.6) is 5.75 Å². The third-order valence-electron chi connectivity index (χ3n) is 3.95. The number of rotatable bonds is 8. The number of carbonyl (C=O) groups is 1. The molecule has 0 radical (unpaired) electrons. The van der Waals surface area contributed by atoms with E-state index < -0.39 is 5.91 Å². The Hall–Kier alpha value is -2.80. The summed E-state index contributed by atoms with van der Waals surface area (Å²) in [4.78, 5) is 11.0. The van der Waals surface area contributed by atoms with Crippen LogP contribution in [0.2, 0.25) is 0 Å². The number of benzene rings is 2. The molecule has 2 aromatic carbocycles. The number of primary amides is 1. The predicted octanol–water partition coefficient (Wildman–Crippen LogP) is 3.08. The van der Waals surface area contributed by atoms with E-state index in [-0.39, 0.29) is 12.4 Å². The van der Waals surface area contributed by atoms with Gasteiger partial charge in [-0.25, -0.2) is 0 Å². The van der Waals surface area contributed by atoms with Gasteiger partial charge in [0.25, 0.3) is 0 Å². The molecule has 0 saturated carbocycles. The molecule has 1 heterocycles. The zero-order chi connectivity index (χ0) is 18.5. The molecule has 3 aromatic rings. The Labute approximate surface area is 156 Å². The molecule has 0 bridgehead atoms. The zero-order valence-electron chi connectivity index (χ0n) is 14.5. The monoisotopic (exact) mass is 368 g/mol. The number of fused-ring (bicyclic) bond motifs is 1. The molecule has 3 rings (SSSR count). The third kappa shape index (κ3) is 3.88. The van der Waals surface area contributed by atoms with E-state index in [9.17, 15) is 4.79 Å². The Kier molecular flexibility index (Phi) is 5.58. The van der Waals surface area contributed by atoms with E-state index in [0.717, 1.165) is 16.7 Å². The molecular weight excluding hydrogens is 348 g/mol. The van der Waals surface area contributed by atoms with Crippen molar-refractivity contribution in [2.45, 2.75) is 25.2 Å². The van der Waals surface area contributed by atoms with Gasteiger partial charge in [-0.15, -0.1) is 16.8 Å². The summed E-state index contributed by atoms with van der Waals surface area (Å²) in [6.45, 7) is 6.61. The van der Waals surface area contributed by atoms with Gasteiger partial charge in [-0.3, -0.25) is 9.36 Å². The van der Waals surface area contributed by atoms with Crippen LogP contribution in [-0.4, -0.2) is 26.4 Å². The van der Waals surface area contributed by atoms with Gasteiger partial charge in [0.05, 0.1) is 5.75 Å². The lowest BCUT2D eigenvalue weighted by atomic mass is 10.0. The summed E-state index contributed by atoms with van der Waals surface area (Å²) in [5.74, 6) is 1.24. The summed E-state index contributed by atoms with van der Waals surface area (Å²) in [7, 11) is 0. The van der Waals surface area contributed by atoms with Crippen LogP contribution in [0.25, 0.3) is 10.8 Å². The predicted molar refractivity (Wildman–Crippen MR) is 103 cm³/mol. The zero-order valence-corrected chi connectivity index (χ0v) is 15.3. The molecular formula is C19H20N4O2S. The largest absolute Gasteiger partial charge is 0.485 e. The van der Waals surface area contributed by atoms with Crippen LogP contribution in [0, 0.1) is 6.92 Å². The summed E-state index contributed by atoms with van der Waals surface area (Å²) in [5, 5.41) is 11.3. The number of nitrogens with two attached hydrogens (primary N) is 1. The van der Waals surface area contributed by atoms with E-state index in [4.69, 9.17) is 10.5 Å². The molecule has 26 heavy (non-hydrogen) atoms. The first-order valence-corrected chi connectivity index (χ1v) is 9.14. The van der Waals surface area contributed by atoms with Crippen LogP contribution < -0.4 is 10.5 Å². The minimum atomic E-state index is -0.396. The molecule has 6 nitrogen and oxygen atoms in total. The quantitative estimate of drug-likeness (QED) is 0.488. The van der Waals surface area contributed by atoms with Crippen LogP contribution in [0.15, 0.2) is 54.2 Å².